The fraction of sp³-hybridized carbons (Fsp3) is 0.320. The Kier molecular flexibility index (Phi) is 6.67. The highest BCUT2D eigenvalue weighted by molar-refractivity contribution is 5.91. The molecule has 162 valence electrons. The fourth-order valence-electron chi connectivity index (χ4n) is 3.92. The number of carbonyl (C=O) groups is 1. The molecular formula is C25H27FN2O3. The van der Waals surface area contributed by atoms with E-state index in [4.69, 9.17) is 9.15 Å². The van der Waals surface area contributed by atoms with Gasteiger partial charge in [0.1, 0.15) is 17.3 Å². The van der Waals surface area contributed by atoms with Crippen LogP contribution in [0.4, 0.5) is 4.39 Å². The van der Waals surface area contributed by atoms with E-state index < -0.39 is 0 Å². The minimum Gasteiger partial charge on any atom is -0.497 e. The van der Waals surface area contributed by atoms with Crippen LogP contribution < -0.4 is 4.74 Å². The molecule has 0 saturated carbocycles. The van der Waals surface area contributed by atoms with Gasteiger partial charge in [-0.2, -0.15) is 0 Å². The number of rotatable bonds is 8. The van der Waals surface area contributed by atoms with Gasteiger partial charge in [-0.3, -0.25) is 9.69 Å². The fourth-order valence-corrected chi connectivity index (χ4v) is 3.92. The molecule has 0 aliphatic carbocycles. The molecule has 0 bridgehead atoms. The SMILES string of the molecule is COc1ccc(CN(Cc2cccc(F)c2)Cc2ccc(C(=O)N3CCCC3)o2)cc1. The molecule has 31 heavy (non-hydrogen) atoms. The second-order valence-corrected chi connectivity index (χ2v) is 7.89. The van der Waals surface area contributed by atoms with E-state index in [-0.39, 0.29) is 11.7 Å². The third-order valence-corrected chi connectivity index (χ3v) is 5.51. The van der Waals surface area contributed by atoms with E-state index in [0.717, 1.165) is 42.8 Å². The van der Waals surface area contributed by atoms with E-state index in [0.29, 0.717) is 31.2 Å². The van der Waals surface area contributed by atoms with Crippen LogP contribution in [-0.2, 0) is 19.6 Å². The first-order chi connectivity index (χ1) is 15.1. The summed E-state index contributed by atoms with van der Waals surface area (Å²) in [6.07, 6.45) is 2.09. The molecular weight excluding hydrogens is 395 g/mol. The van der Waals surface area contributed by atoms with E-state index in [9.17, 15) is 9.18 Å². The van der Waals surface area contributed by atoms with Gasteiger partial charge < -0.3 is 14.1 Å². The van der Waals surface area contributed by atoms with E-state index >= 15 is 0 Å². The number of halogens is 1. The summed E-state index contributed by atoms with van der Waals surface area (Å²) >= 11 is 0. The lowest BCUT2D eigenvalue weighted by atomic mass is 10.1. The van der Waals surface area contributed by atoms with Crippen molar-refractivity contribution in [3.8, 4) is 5.75 Å². The molecule has 2 heterocycles. The van der Waals surface area contributed by atoms with Gasteiger partial charge in [0.2, 0.25) is 0 Å². The van der Waals surface area contributed by atoms with Crippen molar-refractivity contribution < 1.29 is 18.3 Å². The number of likely N-dealkylation sites (tertiary alicyclic amines) is 1. The minimum absolute atomic E-state index is 0.0458. The predicted octanol–water partition coefficient (Wildman–Crippen LogP) is 4.87. The molecule has 0 spiro atoms. The van der Waals surface area contributed by atoms with Crippen molar-refractivity contribution in [3.63, 3.8) is 0 Å². The molecule has 1 aliphatic heterocycles. The van der Waals surface area contributed by atoms with Gasteiger partial charge in [0.15, 0.2) is 5.76 Å². The Morgan fingerprint density at radius 2 is 1.74 bits per heavy atom. The highest BCUT2D eigenvalue weighted by atomic mass is 19.1. The zero-order valence-corrected chi connectivity index (χ0v) is 17.7. The van der Waals surface area contributed by atoms with Crippen LogP contribution in [0, 0.1) is 5.82 Å². The largest absolute Gasteiger partial charge is 0.497 e. The van der Waals surface area contributed by atoms with Crippen LogP contribution in [-0.4, -0.2) is 35.9 Å². The van der Waals surface area contributed by atoms with Crippen LogP contribution in [0.1, 0.15) is 40.3 Å². The van der Waals surface area contributed by atoms with Crippen LogP contribution in [0.3, 0.4) is 0 Å². The van der Waals surface area contributed by atoms with E-state index in [2.05, 4.69) is 4.90 Å². The average molecular weight is 423 g/mol. The van der Waals surface area contributed by atoms with Crippen molar-refractivity contribution in [1.82, 2.24) is 9.80 Å². The van der Waals surface area contributed by atoms with Gasteiger partial charge in [-0.05, 0) is 60.4 Å². The van der Waals surface area contributed by atoms with Crippen LogP contribution in [0.2, 0.25) is 0 Å². The van der Waals surface area contributed by atoms with Crippen LogP contribution in [0.15, 0.2) is 65.1 Å². The maximum atomic E-state index is 13.7. The third kappa shape index (κ3) is 5.52. The molecule has 4 rings (SSSR count). The predicted molar refractivity (Wildman–Crippen MR) is 116 cm³/mol. The minimum atomic E-state index is -0.251. The number of hydrogen-bond acceptors (Lipinski definition) is 4. The lowest BCUT2D eigenvalue weighted by molar-refractivity contribution is 0.0756. The number of hydrogen-bond donors (Lipinski definition) is 0. The zero-order chi connectivity index (χ0) is 21.6. The monoisotopic (exact) mass is 422 g/mol. The number of carbonyl (C=O) groups excluding carboxylic acids is 1. The molecule has 0 N–H and O–H groups in total. The molecule has 0 unspecified atom stereocenters. The van der Waals surface area contributed by atoms with Gasteiger partial charge in [-0.25, -0.2) is 4.39 Å². The maximum Gasteiger partial charge on any atom is 0.289 e. The summed E-state index contributed by atoms with van der Waals surface area (Å²) in [5.74, 6) is 1.60. The van der Waals surface area contributed by atoms with Crippen molar-refractivity contribution in [3.05, 3.63) is 89.1 Å². The van der Waals surface area contributed by atoms with Gasteiger partial charge in [0.25, 0.3) is 5.91 Å². The molecule has 1 saturated heterocycles. The lowest BCUT2D eigenvalue weighted by Gasteiger charge is -2.22. The van der Waals surface area contributed by atoms with Gasteiger partial charge in [0, 0.05) is 26.2 Å². The maximum absolute atomic E-state index is 13.7. The standard InChI is InChI=1S/C25H27FN2O3/c1-30-22-9-7-19(8-10-22)16-27(17-20-5-4-6-21(26)15-20)18-23-11-12-24(31-23)25(29)28-13-2-3-14-28/h4-12,15H,2-3,13-14,16-18H2,1H3. The van der Waals surface area contributed by atoms with Gasteiger partial charge in [-0.15, -0.1) is 0 Å². The average Bonchev–Trinajstić information content (AvgIpc) is 3.46. The normalized spacial score (nSPS) is 13.7. The zero-order valence-electron chi connectivity index (χ0n) is 17.7. The second-order valence-electron chi connectivity index (χ2n) is 7.89. The Balaban J connectivity index is 1.49. The first kappa shape index (κ1) is 21.1. The first-order valence-electron chi connectivity index (χ1n) is 10.6. The molecule has 0 atom stereocenters. The van der Waals surface area contributed by atoms with Gasteiger partial charge >= 0.3 is 0 Å². The van der Waals surface area contributed by atoms with E-state index in [1.54, 1.807) is 25.3 Å². The van der Waals surface area contributed by atoms with Crippen LogP contribution in [0.5, 0.6) is 5.75 Å². The van der Waals surface area contributed by atoms with Crippen molar-refractivity contribution >= 4 is 5.91 Å². The molecule has 0 radical (unpaired) electrons. The van der Waals surface area contributed by atoms with E-state index in [1.165, 1.54) is 6.07 Å². The number of methoxy groups -OCH3 is 1. The highest BCUT2D eigenvalue weighted by Gasteiger charge is 2.22. The summed E-state index contributed by atoms with van der Waals surface area (Å²) in [5.41, 5.74) is 1.99. The Bertz CT molecular complexity index is 1010. The number of benzene rings is 2. The van der Waals surface area contributed by atoms with Crippen molar-refractivity contribution in [2.24, 2.45) is 0 Å². The Hall–Kier alpha value is -3.12. The number of furan rings is 1. The summed E-state index contributed by atoms with van der Waals surface area (Å²) < 4.78 is 24.8. The smallest absolute Gasteiger partial charge is 0.289 e. The van der Waals surface area contributed by atoms with Crippen molar-refractivity contribution in [2.75, 3.05) is 20.2 Å². The lowest BCUT2D eigenvalue weighted by Crippen LogP contribution is -2.27. The quantitative estimate of drug-likeness (QED) is 0.520. The summed E-state index contributed by atoms with van der Waals surface area (Å²) in [4.78, 5) is 16.6. The highest BCUT2D eigenvalue weighted by Crippen LogP contribution is 2.20. The van der Waals surface area contributed by atoms with E-state index in [1.807, 2.05) is 41.3 Å². The first-order valence-corrected chi connectivity index (χ1v) is 10.6. The number of nitrogens with zero attached hydrogens (tertiary/aromatic N) is 2. The molecule has 1 fully saturated rings. The molecule has 2 aromatic carbocycles. The summed E-state index contributed by atoms with van der Waals surface area (Å²) in [6.45, 7) is 3.29. The Morgan fingerprint density at radius 3 is 2.45 bits per heavy atom. The molecule has 1 aromatic heterocycles. The van der Waals surface area contributed by atoms with Crippen molar-refractivity contribution in [1.29, 1.82) is 0 Å². The summed E-state index contributed by atoms with van der Waals surface area (Å²) in [6, 6.07) is 18.1. The third-order valence-electron chi connectivity index (χ3n) is 5.51. The van der Waals surface area contributed by atoms with Crippen LogP contribution >= 0.6 is 0 Å². The van der Waals surface area contributed by atoms with Gasteiger partial charge in [0.05, 0.1) is 13.7 Å². The van der Waals surface area contributed by atoms with Crippen molar-refractivity contribution in [2.45, 2.75) is 32.5 Å². The molecule has 1 amide bonds. The second kappa shape index (κ2) is 9.79. The van der Waals surface area contributed by atoms with Gasteiger partial charge in [-0.1, -0.05) is 24.3 Å². The molecule has 1 aliphatic rings. The Labute approximate surface area is 182 Å². The Morgan fingerprint density at radius 1 is 1.00 bits per heavy atom. The molecule has 6 heteroatoms. The number of amides is 1. The number of ether oxygens (including phenoxy) is 1. The molecule has 5 nitrogen and oxygen atoms in total. The molecule has 3 aromatic rings. The van der Waals surface area contributed by atoms with Crippen LogP contribution in [0.25, 0.3) is 0 Å². The topological polar surface area (TPSA) is 45.9 Å². The summed E-state index contributed by atoms with van der Waals surface area (Å²) in [7, 11) is 1.64. The summed E-state index contributed by atoms with van der Waals surface area (Å²) in [5, 5.41) is 0.